The molecule has 0 aromatic heterocycles. The minimum Gasteiger partial charge on any atom is -0.462 e. The van der Waals surface area contributed by atoms with Crippen molar-refractivity contribution >= 4 is 11.9 Å². The van der Waals surface area contributed by atoms with Gasteiger partial charge in [-0.2, -0.15) is 0 Å². The third-order valence-electron chi connectivity index (χ3n) is 14.3. The molecule has 0 aliphatic rings. The monoisotopic (exact) mass is 946 g/mol. The summed E-state index contributed by atoms with van der Waals surface area (Å²) in [5.41, 5.74) is 0. The van der Waals surface area contributed by atoms with E-state index in [1.165, 1.54) is 250 Å². The molecule has 0 aliphatic carbocycles. The molecule has 0 spiro atoms. The van der Waals surface area contributed by atoms with Gasteiger partial charge in [-0.25, -0.2) is 0 Å². The fourth-order valence-corrected chi connectivity index (χ4v) is 9.72. The molecule has 0 heterocycles. The maximum atomic E-state index is 13.3. The van der Waals surface area contributed by atoms with Gasteiger partial charge in [-0.05, 0) is 51.4 Å². The summed E-state index contributed by atoms with van der Waals surface area (Å²) in [6.45, 7) is 6.53. The number of carbonyl (C=O) groups excluding carboxylic acids is 2. The number of aliphatic hydroxyl groups excluding tert-OH is 2. The van der Waals surface area contributed by atoms with Crippen molar-refractivity contribution in [3.05, 3.63) is 12.2 Å². The molecule has 6 nitrogen and oxygen atoms in total. The van der Waals surface area contributed by atoms with E-state index in [0.29, 0.717) is 19.3 Å². The minimum absolute atomic E-state index is 0.0852. The normalized spacial score (nSPS) is 13.1. The summed E-state index contributed by atoms with van der Waals surface area (Å²) >= 11 is 0. The van der Waals surface area contributed by atoms with E-state index in [-0.39, 0.29) is 24.9 Å². The Labute approximate surface area is 419 Å². The van der Waals surface area contributed by atoms with Crippen LogP contribution in [0, 0.1) is 0 Å². The molecule has 6 heteroatoms. The van der Waals surface area contributed by atoms with Crippen molar-refractivity contribution < 1.29 is 24.5 Å². The molecule has 0 aromatic carbocycles. The predicted molar refractivity (Wildman–Crippen MR) is 292 cm³/mol. The maximum absolute atomic E-state index is 13.3. The van der Waals surface area contributed by atoms with Crippen LogP contribution in [0.5, 0.6) is 0 Å². The second kappa shape index (κ2) is 55.5. The van der Waals surface area contributed by atoms with Gasteiger partial charge < -0.3 is 20.3 Å². The van der Waals surface area contributed by atoms with Gasteiger partial charge in [0.2, 0.25) is 5.91 Å². The average molecular weight is 947 g/mol. The molecule has 398 valence electrons. The van der Waals surface area contributed by atoms with Crippen LogP contribution in [-0.4, -0.2) is 46.9 Å². The summed E-state index contributed by atoms with van der Waals surface area (Å²) in [6.07, 6.45) is 64.2. The first kappa shape index (κ1) is 65.6. The van der Waals surface area contributed by atoms with Gasteiger partial charge in [0.15, 0.2) is 0 Å². The Morgan fingerprint density at radius 1 is 0.418 bits per heavy atom. The van der Waals surface area contributed by atoms with E-state index in [4.69, 9.17) is 4.74 Å². The second-order valence-electron chi connectivity index (χ2n) is 21.1. The molecule has 3 atom stereocenters. The SMILES string of the molecule is CCCCCCCC/C=C/CCCCCCCCCCCC(=O)OC(CCCCCCCCCCCCCCCCCC)CC(=O)NC(CO)C(O)CCCCCCCCCCCCCCC. The van der Waals surface area contributed by atoms with Crippen LogP contribution in [0.3, 0.4) is 0 Å². The number of esters is 1. The van der Waals surface area contributed by atoms with Crippen molar-refractivity contribution in [3.63, 3.8) is 0 Å². The summed E-state index contributed by atoms with van der Waals surface area (Å²) in [7, 11) is 0. The summed E-state index contributed by atoms with van der Waals surface area (Å²) < 4.78 is 5.98. The van der Waals surface area contributed by atoms with E-state index in [1.807, 2.05) is 0 Å². The molecular formula is C61H119NO5. The number of allylic oxidation sites excluding steroid dienone is 2. The standard InChI is InChI=1S/C61H119NO5/c1-4-7-10-13-16-19-22-25-27-29-30-31-33-36-39-42-45-48-51-54-61(66)67-57(52-49-46-43-40-37-35-32-28-26-23-20-17-14-11-8-5-2)55-60(65)62-58(56-63)59(64)53-50-47-44-41-38-34-24-21-18-15-12-9-6-3/h25,27,57-59,63-64H,4-24,26,28-56H2,1-3H3,(H,62,65)/b27-25+. The van der Waals surface area contributed by atoms with Gasteiger partial charge in [0.05, 0.1) is 25.2 Å². The third-order valence-corrected chi connectivity index (χ3v) is 14.3. The van der Waals surface area contributed by atoms with Crippen molar-refractivity contribution in [1.29, 1.82) is 0 Å². The maximum Gasteiger partial charge on any atom is 0.306 e. The zero-order chi connectivity index (χ0) is 48.8. The zero-order valence-electron chi connectivity index (χ0n) is 45.6. The molecule has 3 unspecified atom stereocenters. The fraction of sp³-hybridized carbons (Fsp3) is 0.934. The first-order valence-electron chi connectivity index (χ1n) is 30.4. The van der Waals surface area contributed by atoms with E-state index in [2.05, 4.69) is 38.2 Å². The van der Waals surface area contributed by atoms with Crippen molar-refractivity contribution in [3.8, 4) is 0 Å². The fourth-order valence-electron chi connectivity index (χ4n) is 9.72. The van der Waals surface area contributed by atoms with Crippen LogP contribution >= 0.6 is 0 Å². The number of hydrogen-bond acceptors (Lipinski definition) is 5. The Morgan fingerprint density at radius 2 is 0.716 bits per heavy atom. The van der Waals surface area contributed by atoms with Crippen LogP contribution < -0.4 is 5.32 Å². The Bertz CT molecular complexity index is 1020. The van der Waals surface area contributed by atoms with Gasteiger partial charge >= 0.3 is 5.97 Å². The van der Waals surface area contributed by atoms with Gasteiger partial charge in [0, 0.05) is 6.42 Å². The minimum atomic E-state index is -0.783. The van der Waals surface area contributed by atoms with E-state index in [0.717, 1.165) is 44.9 Å². The van der Waals surface area contributed by atoms with Crippen molar-refractivity contribution in [2.24, 2.45) is 0 Å². The summed E-state index contributed by atoms with van der Waals surface area (Å²) in [5, 5.41) is 23.9. The first-order chi connectivity index (χ1) is 33.0. The largest absolute Gasteiger partial charge is 0.462 e. The lowest BCUT2D eigenvalue weighted by atomic mass is 10.0. The molecule has 0 saturated heterocycles. The number of ether oxygens (including phenoxy) is 1. The molecule has 1 amide bonds. The van der Waals surface area contributed by atoms with Crippen molar-refractivity contribution in [1.82, 2.24) is 5.32 Å². The number of aliphatic hydroxyl groups is 2. The lowest BCUT2D eigenvalue weighted by Crippen LogP contribution is -2.46. The highest BCUT2D eigenvalue weighted by molar-refractivity contribution is 5.77. The van der Waals surface area contributed by atoms with Gasteiger partial charge in [0.1, 0.15) is 6.10 Å². The lowest BCUT2D eigenvalue weighted by Gasteiger charge is -2.24. The molecule has 67 heavy (non-hydrogen) atoms. The van der Waals surface area contributed by atoms with E-state index in [9.17, 15) is 19.8 Å². The summed E-state index contributed by atoms with van der Waals surface area (Å²) in [5.74, 6) is -0.450. The number of amides is 1. The van der Waals surface area contributed by atoms with Crippen molar-refractivity contribution in [2.45, 2.75) is 360 Å². The van der Waals surface area contributed by atoms with Crippen LogP contribution in [-0.2, 0) is 14.3 Å². The second-order valence-corrected chi connectivity index (χ2v) is 21.1. The lowest BCUT2D eigenvalue weighted by molar-refractivity contribution is -0.151. The van der Waals surface area contributed by atoms with E-state index >= 15 is 0 Å². The van der Waals surface area contributed by atoms with Gasteiger partial charge in [0.25, 0.3) is 0 Å². The Hall–Kier alpha value is -1.40. The molecule has 0 fully saturated rings. The molecule has 0 radical (unpaired) electrons. The number of hydrogen-bond donors (Lipinski definition) is 3. The van der Waals surface area contributed by atoms with Crippen LogP contribution in [0.1, 0.15) is 342 Å². The third kappa shape index (κ3) is 50.8. The summed E-state index contributed by atoms with van der Waals surface area (Å²) in [4.78, 5) is 26.3. The average Bonchev–Trinajstić information content (AvgIpc) is 3.32. The molecular weight excluding hydrogens is 827 g/mol. The number of carbonyl (C=O) groups is 2. The van der Waals surface area contributed by atoms with Crippen LogP contribution in [0.25, 0.3) is 0 Å². The Kier molecular flexibility index (Phi) is 54.4. The van der Waals surface area contributed by atoms with Crippen LogP contribution in [0.15, 0.2) is 12.2 Å². The summed E-state index contributed by atoms with van der Waals surface area (Å²) in [6, 6.07) is -0.696. The van der Waals surface area contributed by atoms with Crippen molar-refractivity contribution in [2.75, 3.05) is 6.61 Å². The Morgan fingerprint density at radius 3 is 1.06 bits per heavy atom. The number of nitrogens with one attached hydrogen (secondary N) is 1. The molecule has 0 bridgehead atoms. The quantitative estimate of drug-likeness (QED) is 0.0321. The number of unbranched alkanes of at least 4 members (excludes halogenated alkanes) is 42. The molecule has 0 saturated carbocycles. The smallest absolute Gasteiger partial charge is 0.306 e. The molecule has 3 N–H and O–H groups in total. The van der Waals surface area contributed by atoms with Gasteiger partial charge in [-0.1, -0.05) is 290 Å². The van der Waals surface area contributed by atoms with E-state index < -0.39 is 18.2 Å². The Balaban J connectivity index is 4.49. The van der Waals surface area contributed by atoms with Gasteiger partial charge in [-0.15, -0.1) is 0 Å². The zero-order valence-corrected chi connectivity index (χ0v) is 45.6. The van der Waals surface area contributed by atoms with Gasteiger partial charge in [-0.3, -0.25) is 9.59 Å². The predicted octanol–water partition coefficient (Wildman–Crippen LogP) is 18.9. The topological polar surface area (TPSA) is 95.9 Å². The number of rotatable bonds is 56. The highest BCUT2D eigenvalue weighted by Gasteiger charge is 2.24. The van der Waals surface area contributed by atoms with Crippen LogP contribution in [0.2, 0.25) is 0 Å². The molecule has 0 aromatic rings. The van der Waals surface area contributed by atoms with E-state index in [1.54, 1.807) is 0 Å². The molecule has 0 rings (SSSR count). The molecule has 0 aliphatic heterocycles. The van der Waals surface area contributed by atoms with Crippen LogP contribution in [0.4, 0.5) is 0 Å². The first-order valence-corrected chi connectivity index (χ1v) is 30.4. The highest BCUT2D eigenvalue weighted by atomic mass is 16.5. The highest BCUT2D eigenvalue weighted by Crippen LogP contribution is 2.19.